The summed E-state index contributed by atoms with van der Waals surface area (Å²) in [5.41, 5.74) is -0.0833. The third-order valence-electron chi connectivity index (χ3n) is 3.72. The van der Waals surface area contributed by atoms with Gasteiger partial charge in [-0.05, 0) is 42.3 Å². The molecule has 0 aliphatic rings. The van der Waals surface area contributed by atoms with Crippen molar-refractivity contribution in [1.29, 1.82) is 0 Å². The minimum atomic E-state index is -4.47. The quantitative estimate of drug-likeness (QED) is 0.405. The molecule has 27 heavy (non-hydrogen) atoms. The summed E-state index contributed by atoms with van der Waals surface area (Å²) in [7, 11) is 1.23. The SMILES string of the molecule is C=CCc1cc(C(F)(F)F)ccc1OCC(=O)c1cccc(C(=O)OC)c1. The second kappa shape index (κ2) is 8.53. The van der Waals surface area contributed by atoms with Gasteiger partial charge in [0, 0.05) is 5.56 Å². The van der Waals surface area contributed by atoms with E-state index in [-0.39, 0.29) is 35.5 Å². The number of halogens is 3. The number of hydrogen-bond acceptors (Lipinski definition) is 4. The number of alkyl halides is 3. The van der Waals surface area contributed by atoms with Gasteiger partial charge in [-0.3, -0.25) is 4.79 Å². The van der Waals surface area contributed by atoms with Crippen molar-refractivity contribution in [3.05, 3.63) is 77.4 Å². The van der Waals surface area contributed by atoms with E-state index in [4.69, 9.17) is 4.74 Å². The minimum Gasteiger partial charge on any atom is -0.485 e. The van der Waals surface area contributed by atoms with Crippen LogP contribution in [-0.2, 0) is 17.3 Å². The highest BCUT2D eigenvalue weighted by atomic mass is 19.4. The zero-order valence-electron chi connectivity index (χ0n) is 14.5. The van der Waals surface area contributed by atoms with Crippen LogP contribution in [0.25, 0.3) is 0 Å². The Bertz CT molecular complexity index is 857. The van der Waals surface area contributed by atoms with Crippen LogP contribution in [0.1, 0.15) is 31.8 Å². The van der Waals surface area contributed by atoms with Crippen LogP contribution in [0.5, 0.6) is 5.75 Å². The average molecular weight is 378 g/mol. The summed E-state index contributed by atoms with van der Waals surface area (Å²) in [6, 6.07) is 8.95. The first kappa shape index (κ1) is 20.2. The molecule has 0 saturated heterocycles. The van der Waals surface area contributed by atoms with Crippen LogP contribution in [0.15, 0.2) is 55.1 Å². The summed E-state index contributed by atoms with van der Waals surface area (Å²) in [5, 5.41) is 0. The number of Topliss-reactive ketones (excluding diaryl/α,β-unsaturated/α-hetero) is 1. The zero-order chi connectivity index (χ0) is 20.0. The Hall–Kier alpha value is -3.09. The number of carbonyl (C=O) groups excluding carboxylic acids is 2. The predicted molar refractivity (Wildman–Crippen MR) is 93.0 cm³/mol. The highest BCUT2D eigenvalue weighted by Gasteiger charge is 2.31. The molecule has 0 amide bonds. The number of benzene rings is 2. The van der Waals surface area contributed by atoms with Crippen LogP contribution in [0.4, 0.5) is 13.2 Å². The second-order valence-corrected chi connectivity index (χ2v) is 5.60. The Morgan fingerprint density at radius 1 is 1.11 bits per heavy atom. The van der Waals surface area contributed by atoms with E-state index in [1.54, 1.807) is 0 Å². The van der Waals surface area contributed by atoms with Crippen molar-refractivity contribution in [2.24, 2.45) is 0 Å². The Morgan fingerprint density at radius 3 is 2.44 bits per heavy atom. The molecule has 0 aromatic heterocycles. The van der Waals surface area contributed by atoms with Gasteiger partial charge >= 0.3 is 12.1 Å². The van der Waals surface area contributed by atoms with Crippen molar-refractivity contribution in [3.8, 4) is 5.75 Å². The Kier molecular flexibility index (Phi) is 6.39. The predicted octanol–water partition coefficient (Wildman–Crippen LogP) is 4.48. The van der Waals surface area contributed by atoms with E-state index in [1.807, 2.05) is 0 Å². The van der Waals surface area contributed by atoms with Crippen LogP contribution in [0.2, 0.25) is 0 Å². The van der Waals surface area contributed by atoms with Crippen LogP contribution in [-0.4, -0.2) is 25.5 Å². The summed E-state index contributed by atoms with van der Waals surface area (Å²) < 4.78 is 48.6. The van der Waals surface area contributed by atoms with Gasteiger partial charge in [0.05, 0.1) is 18.2 Å². The molecule has 0 fully saturated rings. The molecule has 0 heterocycles. The lowest BCUT2D eigenvalue weighted by atomic mass is 10.1. The van der Waals surface area contributed by atoms with Gasteiger partial charge < -0.3 is 9.47 Å². The molecule has 0 aliphatic carbocycles. The van der Waals surface area contributed by atoms with E-state index in [1.165, 1.54) is 43.5 Å². The Morgan fingerprint density at radius 2 is 1.81 bits per heavy atom. The number of hydrogen-bond donors (Lipinski definition) is 0. The van der Waals surface area contributed by atoms with Crippen molar-refractivity contribution in [2.45, 2.75) is 12.6 Å². The number of esters is 1. The van der Waals surface area contributed by atoms with Crippen LogP contribution >= 0.6 is 0 Å². The van der Waals surface area contributed by atoms with E-state index in [2.05, 4.69) is 11.3 Å². The Balaban J connectivity index is 2.17. The molecule has 2 aromatic rings. The van der Waals surface area contributed by atoms with Gasteiger partial charge in [0.15, 0.2) is 12.4 Å². The standard InChI is InChI=1S/C20H17F3O4/c1-3-5-14-11-16(20(21,22)23)8-9-18(14)27-12-17(24)13-6-4-7-15(10-13)19(25)26-2/h3-4,6-11H,1,5,12H2,2H3. The van der Waals surface area contributed by atoms with Gasteiger partial charge in [-0.2, -0.15) is 13.2 Å². The van der Waals surface area contributed by atoms with E-state index in [9.17, 15) is 22.8 Å². The first-order chi connectivity index (χ1) is 12.8. The number of rotatable bonds is 7. The van der Waals surface area contributed by atoms with Gasteiger partial charge in [0.25, 0.3) is 0 Å². The molecule has 0 saturated carbocycles. The third-order valence-corrected chi connectivity index (χ3v) is 3.72. The lowest BCUT2D eigenvalue weighted by Gasteiger charge is -2.13. The average Bonchev–Trinajstić information content (AvgIpc) is 2.65. The fourth-order valence-electron chi connectivity index (χ4n) is 2.38. The highest BCUT2D eigenvalue weighted by molar-refractivity contribution is 6.00. The molecule has 0 radical (unpaired) electrons. The fraction of sp³-hybridized carbons (Fsp3) is 0.200. The maximum absolute atomic E-state index is 12.8. The van der Waals surface area contributed by atoms with E-state index in [0.717, 1.165) is 12.1 Å². The fourth-order valence-corrected chi connectivity index (χ4v) is 2.38. The molecule has 0 unspecified atom stereocenters. The topological polar surface area (TPSA) is 52.6 Å². The minimum absolute atomic E-state index is 0.158. The molecule has 2 aromatic carbocycles. The van der Waals surface area contributed by atoms with E-state index < -0.39 is 23.5 Å². The zero-order valence-corrected chi connectivity index (χ0v) is 14.5. The lowest BCUT2D eigenvalue weighted by Crippen LogP contribution is -2.14. The molecule has 0 N–H and O–H groups in total. The van der Waals surface area contributed by atoms with Crippen LogP contribution < -0.4 is 4.74 Å². The van der Waals surface area contributed by atoms with Crippen molar-refractivity contribution in [3.63, 3.8) is 0 Å². The molecule has 0 aliphatic heterocycles. The summed E-state index contributed by atoms with van der Waals surface area (Å²) in [6.07, 6.45) is -2.87. The largest absolute Gasteiger partial charge is 0.485 e. The van der Waals surface area contributed by atoms with Gasteiger partial charge in [-0.15, -0.1) is 6.58 Å². The summed E-state index contributed by atoms with van der Waals surface area (Å²) in [6.45, 7) is 3.13. The van der Waals surface area contributed by atoms with Crippen molar-refractivity contribution in [1.82, 2.24) is 0 Å². The smallest absolute Gasteiger partial charge is 0.416 e. The monoisotopic (exact) mass is 378 g/mol. The molecule has 7 heteroatoms. The van der Waals surface area contributed by atoms with E-state index in [0.29, 0.717) is 0 Å². The van der Waals surface area contributed by atoms with Crippen molar-refractivity contribution >= 4 is 11.8 Å². The van der Waals surface area contributed by atoms with Crippen molar-refractivity contribution < 1.29 is 32.2 Å². The summed E-state index contributed by atoms with van der Waals surface area (Å²) in [5.74, 6) is -0.841. The molecule has 2 rings (SSSR count). The normalized spacial score (nSPS) is 11.0. The molecular formula is C20H17F3O4. The molecule has 4 nitrogen and oxygen atoms in total. The van der Waals surface area contributed by atoms with Gasteiger partial charge in [0.1, 0.15) is 5.75 Å². The van der Waals surface area contributed by atoms with Gasteiger partial charge in [0.2, 0.25) is 0 Å². The summed E-state index contributed by atoms with van der Waals surface area (Å²) >= 11 is 0. The third kappa shape index (κ3) is 5.20. The number of carbonyl (C=O) groups is 2. The maximum Gasteiger partial charge on any atom is 0.416 e. The number of allylic oxidation sites excluding steroid dienone is 1. The molecule has 0 bridgehead atoms. The van der Waals surface area contributed by atoms with Crippen LogP contribution in [0.3, 0.4) is 0 Å². The molecular weight excluding hydrogens is 361 g/mol. The first-order valence-corrected chi connectivity index (χ1v) is 7.91. The van der Waals surface area contributed by atoms with Gasteiger partial charge in [-0.25, -0.2) is 4.79 Å². The second-order valence-electron chi connectivity index (χ2n) is 5.60. The van der Waals surface area contributed by atoms with E-state index >= 15 is 0 Å². The molecule has 0 atom stereocenters. The summed E-state index contributed by atoms with van der Waals surface area (Å²) in [4.78, 5) is 23.8. The number of ketones is 1. The highest BCUT2D eigenvalue weighted by Crippen LogP contribution is 2.33. The maximum atomic E-state index is 12.8. The molecule has 142 valence electrons. The Labute approximate surface area is 154 Å². The van der Waals surface area contributed by atoms with Gasteiger partial charge in [-0.1, -0.05) is 18.2 Å². The van der Waals surface area contributed by atoms with Crippen molar-refractivity contribution in [2.75, 3.05) is 13.7 Å². The van der Waals surface area contributed by atoms with Crippen LogP contribution in [0, 0.1) is 0 Å². The number of methoxy groups -OCH3 is 1. The number of ether oxygens (including phenoxy) is 2. The lowest BCUT2D eigenvalue weighted by molar-refractivity contribution is -0.137. The first-order valence-electron chi connectivity index (χ1n) is 7.91. The molecule has 0 spiro atoms.